The van der Waals surface area contributed by atoms with E-state index in [2.05, 4.69) is 33.6 Å². The minimum Gasteiger partial charge on any atom is -0.243 e. The number of unbranched alkanes of at least 4 members (excludes halogenated alkanes) is 1. The van der Waals surface area contributed by atoms with Crippen LogP contribution < -0.4 is 0 Å². The molecule has 2 heteroatoms. The van der Waals surface area contributed by atoms with E-state index >= 15 is 0 Å². The molecule has 0 bridgehead atoms. The van der Waals surface area contributed by atoms with Gasteiger partial charge in [0.2, 0.25) is 0 Å². The summed E-state index contributed by atoms with van der Waals surface area (Å²) in [6.45, 7) is 21.8. The van der Waals surface area contributed by atoms with Gasteiger partial charge in [-0.15, -0.1) is 0 Å². The average molecular weight is 437 g/mol. The van der Waals surface area contributed by atoms with Crippen molar-refractivity contribution in [1.29, 1.82) is 0 Å². The molecule has 1 aromatic carbocycles. The number of rotatable bonds is 12. The Morgan fingerprint density at radius 2 is 1.88 bits per heavy atom. The van der Waals surface area contributed by atoms with Crippen molar-refractivity contribution in [3.05, 3.63) is 108 Å². The van der Waals surface area contributed by atoms with Gasteiger partial charge < -0.3 is 0 Å². The first-order chi connectivity index (χ1) is 15.2. The van der Waals surface area contributed by atoms with Gasteiger partial charge in [-0.25, -0.2) is 8.78 Å². The van der Waals surface area contributed by atoms with Crippen molar-refractivity contribution in [3.63, 3.8) is 0 Å². The van der Waals surface area contributed by atoms with Gasteiger partial charge >= 0.3 is 0 Å². The van der Waals surface area contributed by atoms with Crippen LogP contribution in [0.25, 0.3) is 11.1 Å². The lowest BCUT2D eigenvalue weighted by Crippen LogP contribution is -2.00. The second-order valence-corrected chi connectivity index (χ2v) is 7.97. The van der Waals surface area contributed by atoms with Gasteiger partial charge in [-0.3, -0.25) is 0 Å². The van der Waals surface area contributed by atoms with Crippen molar-refractivity contribution in [2.45, 2.75) is 66.5 Å². The Kier molecular flexibility index (Phi) is 11.6. The molecule has 1 unspecified atom stereocenters. The van der Waals surface area contributed by atoms with Crippen LogP contribution >= 0.6 is 0 Å². The van der Waals surface area contributed by atoms with Gasteiger partial charge in [0.25, 0.3) is 0 Å². The van der Waals surface area contributed by atoms with Crippen LogP contribution in [0.4, 0.5) is 8.78 Å². The van der Waals surface area contributed by atoms with Crippen LogP contribution in [0.15, 0.2) is 90.6 Å². The highest BCUT2D eigenvalue weighted by molar-refractivity contribution is 5.87. The first-order valence-corrected chi connectivity index (χ1v) is 11.4. The normalized spacial score (nSPS) is 14.3. The first-order valence-electron chi connectivity index (χ1n) is 11.4. The summed E-state index contributed by atoms with van der Waals surface area (Å²) >= 11 is 0. The minimum atomic E-state index is -0.990. The predicted molar refractivity (Wildman–Crippen MR) is 139 cm³/mol. The second-order valence-electron chi connectivity index (χ2n) is 7.97. The van der Waals surface area contributed by atoms with Crippen molar-refractivity contribution < 1.29 is 8.78 Å². The maximum absolute atomic E-state index is 14.6. The summed E-state index contributed by atoms with van der Waals surface area (Å²) in [7, 11) is 0. The highest BCUT2D eigenvalue weighted by atomic mass is 19.1. The van der Waals surface area contributed by atoms with E-state index in [4.69, 9.17) is 0 Å². The van der Waals surface area contributed by atoms with Crippen molar-refractivity contribution in [2.24, 2.45) is 0 Å². The number of allylic oxidation sites excluding steroid dienone is 11. The fourth-order valence-electron chi connectivity index (χ4n) is 3.46. The van der Waals surface area contributed by atoms with E-state index in [1.165, 1.54) is 18.6 Å². The second kappa shape index (κ2) is 13.6. The topological polar surface area (TPSA) is 0 Å². The Hall–Kier alpha value is -2.74. The average Bonchev–Trinajstić information content (AvgIpc) is 2.78. The molecule has 1 rings (SSSR count). The molecule has 1 atom stereocenters. The van der Waals surface area contributed by atoms with Crippen LogP contribution in [-0.2, 0) is 0 Å². The molecule has 0 fully saturated rings. The van der Waals surface area contributed by atoms with E-state index in [9.17, 15) is 8.78 Å². The lowest BCUT2D eigenvalue weighted by molar-refractivity contribution is 0.411. The summed E-state index contributed by atoms with van der Waals surface area (Å²) in [5.41, 5.74) is 6.67. The zero-order valence-corrected chi connectivity index (χ0v) is 20.4. The fourth-order valence-corrected chi connectivity index (χ4v) is 3.46. The Balaban J connectivity index is 3.57. The highest BCUT2D eigenvalue weighted by Gasteiger charge is 2.16. The van der Waals surface area contributed by atoms with Crippen molar-refractivity contribution in [2.75, 3.05) is 0 Å². The maximum atomic E-state index is 14.6. The van der Waals surface area contributed by atoms with Gasteiger partial charge in [-0.2, -0.15) is 0 Å². The van der Waals surface area contributed by atoms with E-state index in [-0.39, 0.29) is 5.82 Å². The molecule has 0 aromatic heterocycles. The Labute approximate surface area is 194 Å². The third-order valence-electron chi connectivity index (χ3n) is 5.68. The lowest BCUT2D eigenvalue weighted by Gasteiger charge is -2.19. The number of halogens is 2. The molecule has 0 amide bonds. The molecular formula is C30H38F2. The summed E-state index contributed by atoms with van der Waals surface area (Å²) in [5, 5.41) is 0. The SMILES string of the molecule is C=C/C(=C\C)c1cc(/C(C(=C)C(=C)/C=C\C=C(/C)C(C)F)=C(/CC)CCCC)ccc1F. The zero-order valence-electron chi connectivity index (χ0n) is 20.4. The van der Waals surface area contributed by atoms with Crippen LogP contribution in [0, 0.1) is 5.82 Å². The van der Waals surface area contributed by atoms with Gasteiger partial charge in [0.15, 0.2) is 0 Å². The molecule has 0 aliphatic heterocycles. The van der Waals surface area contributed by atoms with Crippen molar-refractivity contribution >= 4 is 11.1 Å². The molecule has 1 aromatic rings. The molecule has 0 nitrogen and oxygen atoms in total. The van der Waals surface area contributed by atoms with Crippen LogP contribution in [0.1, 0.15) is 71.4 Å². The van der Waals surface area contributed by atoms with E-state index in [0.29, 0.717) is 11.1 Å². The molecule has 32 heavy (non-hydrogen) atoms. The fraction of sp³-hybridized carbons (Fsp3) is 0.333. The monoisotopic (exact) mass is 436 g/mol. The molecule has 0 saturated carbocycles. The molecule has 0 radical (unpaired) electrons. The van der Waals surface area contributed by atoms with Crippen LogP contribution in [0.2, 0.25) is 0 Å². The summed E-state index contributed by atoms with van der Waals surface area (Å²) in [5.74, 6) is -0.280. The number of benzene rings is 1. The molecule has 0 aliphatic rings. The van der Waals surface area contributed by atoms with Crippen molar-refractivity contribution in [3.8, 4) is 0 Å². The number of hydrogen-bond acceptors (Lipinski definition) is 0. The van der Waals surface area contributed by atoms with Crippen molar-refractivity contribution in [1.82, 2.24) is 0 Å². The predicted octanol–water partition coefficient (Wildman–Crippen LogP) is 9.74. The molecule has 0 N–H and O–H groups in total. The van der Waals surface area contributed by atoms with Crippen LogP contribution in [0.3, 0.4) is 0 Å². The summed E-state index contributed by atoms with van der Waals surface area (Å²) in [6.07, 6.45) is 11.9. The molecular weight excluding hydrogens is 398 g/mol. The van der Waals surface area contributed by atoms with Crippen LogP contribution in [-0.4, -0.2) is 6.17 Å². The van der Waals surface area contributed by atoms with E-state index < -0.39 is 6.17 Å². The Morgan fingerprint density at radius 3 is 2.41 bits per heavy atom. The maximum Gasteiger partial charge on any atom is 0.131 e. The third-order valence-corrected chi connectivity index (χ3v) is 5.68. The lowest BCUT2D eigenvalue weighted by atomic mass is 9.85. The van der Waals surface area contributed by atoms with Gasteiger partial charge in [0, 0.05) is 5.56 Å². The smallest absolute Gasteiger partial charge is 0.131 e. The molecule has 0 heterocycles. The molecule has 172 valence electrons. The van der Waals surface area contributed by atoms with Gasteiger partial charge in [-0.1, -0.05) is 82.0 Å². The molecule has 0 spiro atoms. The minimum absolute atomic E-state index is 0.280. The third kappa shape index (κ3) is 7.44. The summed E-state index contributed by atoms with van der Waals surface area (Å²) < 4.78 is 28.0. The van der Waals surface area contributed by atoms with Gasteiger partial charge in [0.05, 0.1) is 0 Å². The largest absolute Gasteiger partial charge is 0.243 e. The Morgan fingerprint density at radius 1 is 1.19 bits per heavy atom. The molecule has 0 aliphatic carbocycles. The van der Waals surface area contributed by atoms with Gasteiger partial charge in [0.1, 0.15) is 12.0 Å². The standard InChI is InChI=1S/C30H38F2/c1-9-13-17-26(12-4)30(23(7)21(5)15-14-16-22(6)24(8)31)27-18-19-29(32)28(20-27)25(10-2)11-3/h10-11,14-16,18-20,24H,2,5,7,9,12-13,17H2,1,3-4,6,8H3/b15-14-,22-16+,25-11+,30-26-. The van der Waals surface area contributed by atoms with Crippen LogP contribution in [0.5, 0.6) is 0 Å². The zero-order chi connectivity index (χ0) is 24.3. The Bertz CT molecular complexity index is 949. The highest BCUT2D eigenvalue weighted by Crippen LogP contribution is 2.35. The van der Waals surface area contributed by atoms with E-state index in [0.717, 1.165) is 53.5 Å². The number of hydrogen-bond donors (Lipinski definition) is 0. The van der Waals surface area contributed by atoms with Gasteiger partial charge in [-0.05, 0) is 85.6 Å². The van der Waals surface area contributed by atoms with E-state index in [1.807, 2.05) is 31.2 Å². The molecule has 0 saturated heterocycles. The number of alkyl halides is 1. The van der Waals surface area contributed by atoms with E-state index in [1.54, 1.807) is 25.2 Å². The quantitative estimate of drug-likeness (QED) is 0.286. The summed E-state index contributed by atoms with van der Waals surface area (Å²) in [6, 6.07) is 5.19. The summed E-state index contributed by atoms with van der Waals surface area (Å²) in [4.78, 5) is 0. The first kappa shape index (κ1) is 27.3.